The van der Waals surface area contributed by atoms with Gasteiger partial charge in [-0.1, -0.05) is 6.07 Å². The number of hydrogen-bond acceptors (Lipinski definition) is 8. The van der Waals surface area contributed by atoms with Crippen molar-refractivity contribution in [1.82, 2.24) is 9.80 Å². The third kappa shape index (κ3) is 4.75. The van der Waals surface area contributed by atoms with Crippen LogP contribution in [0.5, 0.6) is 11.5 Å². The van der Waals surface area contributed by atoms with Gasteiger partial charge in [-0.3, -0.25) is 9.59 Å². The van der Waals surface area contributed by atoms with Gasteiger partial charge in [-0.05, 0) is 44.4 Å². The SMILES string of the molecule is CC(C)(C)OC(=O)N1CCC2(CC1)N=C(c1cccs1)C(=O)N2CC(=O)Nc1ccc2c(c1)OCO2. The first-order valence-electron chi connectivity index (χ1n) is 11.8. The summed E-state index contributed by atoms with van der Waals surface area (Å²) in [6, 6.07) is 8.85. The minimum Gasteiger partial charge on any atom is -0.454 e. The number of piperidine rings is 1. The summed E-state index contributed by atoms with van der Waals surface area (Å²) in [5.41, 5.74) is -0.601. The Morgan fingerprint density at radius 3 is 2.61 bits per heavy atom. The molecule has 11 heteroatoms. The van der Waals surface area contributed by atoms with Crippen LogP contribution in [0.4, 0.5) is 10.5 Å². The van der Waals surface area contributed by atoms with Crippen LogP contribution in [-0.4, -0.2) is 71.1 Å². The molecule has 5 rings (SSSR count). The number of ether oxygens (including phenoxy) is 3. The topological polar surface area (TPSA) is 110 Å². The van der Waals surface area contributed by atoms with Gasteiger partial charge in [0.1, 0.15) is 23.5 Å². The Morgan fingerprint density at radius 2 is 1.92 bits per heavy atom. The van der Waals surface area contributed by atoms with Crippen molar-refractivity contribution in [3.63, 3.8) is 0 Å². The van der Waals surface area contributed by atoms with Crippen molar-refractivity contribution in [3.8, 4) is 11.5 Å². The number of likely N-dealkylation sites (tertiary alicyclic amines) is 1. The molecule has 190 valence electrons. The fourth-order valence-corrected chi connectivity index (χ4v) is 5.21. The zero-order valence-electron chi connectivity index (χ0n) is 20.4. The van der Waals surface area contributed by atoms with Crippen molar-refractivity contribution in [2.45, 2.75) is 44.9 Å². The molecule has 1 aromatic carbocycles. The summed E-state index contributed by atoms with van der Waals surface area (Å²) in [5, 5.41) is 4.73. The van der Waals surface area contributed by atoms with E-state index in [-0.39, 0.29) is 25.2 Å². The molecule has 1 spiro atoms. The van der Waals surface area contributed by atoms with E-state index in [9.17, 15) is 14.4 Å². The molecular weight excluding hydrogens is 484 g/mol. The molecular formula is C25H28N4O6S. The normalized spacial score (nSPS) is 18.4. The molecule has 3 amide bonds. The second kappa shape index (κ2) is 9.12. The standard InChI is InChI=1S/C25H28N4O6S/c1-24(2,3)35-23(32)28-10-8-25(9-11-28)27-21(19-5-4-12-36-19)22(31)29(25)14-20(30)26-16-6-7-17-18(13-16)34-15-33-17/h4-7,12-13H,8-11,14-15H2,1-3H3,(H,26,30). The van der Waals surface area contributed by atoms with E-state index >= 15 is 0 Å². The highest BCUT2D eigenvalue weighted by Gasteiger charge is 2.50. The first-order chi connectivity index (χ1) is 17.1. The number of amides is 3. The van der Waals surface area contributed by atoms with Crippen molar-refractivity contribution in [2.75, 3.05) is 31.7 Å². The van der Waals surface area contributed by atoms with E-state index in [4.69, 9.17) is 19.2 Å². The molecule has 0 unspecified atom stereocenters. The average Bonchev–Trinajstić information content (AvgIpc) is 3.55. The van der Waals surface area contributed by atoms with E-state index in [0.717, 1.165) is 4.88 Å². The Morgan fingerprint density at radius 1 is 1.17 bits per heavy atom. The highest BCUT2D eigenvalue weighted by Crippen LogP contribution is 2.38. The van der Waals surface area contributed by atoms with Crippen molar-refractivity contribution in [1.29, 1.82) is 0 Å². The molecule has 3 aliphatic heterocycles. The Bertz CT molecular complexity index is 1210. The quantitative estimate of drug-likeness (QED) is 0.672. The predicted octanol–water partition coefficient (Wildman–Crippen LogP) is 3.47. The lowest BCUT2D eigenvalue weighted by Gasteiger charge is -2.42. The number of aliphatic imine (C=N–C) groups is 1. The summed E-state index contributed by atoms with van der Waals surface area (Å²) in [7, 11) is 0. The first-order valence-corrected chi connectivity index (χ1v) is 12.6. The predicted molar refractivity (Wildman–Crippen MR) is 134 cm³/mol. The van der Waals surface area contributed by atoms with Crippen molar-refractivity contribution >= 4 is 40.6 Å². The fourth-order valence-electron chi connectivity index (χ4n) is 4.50. The lowest BCUT2D eigenvalue weighted by Crippen LogP contribution is -2.56. The first kappa shape index (κ1) is 24.1. The summed E-state index contributed by atoms with van der Waals surface area (Å²) in [4.78, 5) is 47.9. The molecule has 2 aromatic rings. The van der Waals surface area contributed by atoms with Crippen LogP contribution in [0.1, 0.15) is 38.5 Å². The highest BCUT2D eigenvalue weighted by molar-refractivity contribution is 7.13. The number of benzene rings is 1. The Kier molecular flexibility index (Phi) is 6.11. The van der Waals surface area contributed by atoms with Crippen LogP contribution >= 0.6 is 11.3 Å². The van der Waals surface area contributed by atoms with Crippen LogP contribution in [0.2, 0.25) is 0 Å². The van der Waals surface area contributed by atoms with Crippen LogP contribution in [-0.2, 0) is 14.3 Å². The summed E-state index contributed by atoms with van der Waals surface area (Å²) in [5.74, 6) is 0.537. The zero-order valence-corrected chi connectivity index (χ0v) is 21.2. The van der Waals surface area contributed by atoms with E-state index in [1.54, 1.807) is 23.1 Å². The van der Waals surface area contributed by atoms with Gasteiger partial charge in [0.25, 0.3) is 5.91 Å². The maximum Gasteiger partial charge on any atom is 0.410 e. The van der Waals surface area contributed by atoms with E-state index in [1.807, 2.05) is 38.3 Å². The number of carbonyl (C=O) groups excluding carboxylic acids is 3. The zero-order chi connectivity index (χ0) is 25.5. The average molecular weight is 513 g/mol. The molecule has 36 heavy (non-hydrogen) atoms. The van der Waals surface area contributed by atoms with Gasteiger partial charge < -0.3 is 29.3 Å². The maximum atomic E-state index is 13.5. The van der Waals surface area contributed by atoms with Gasteiger partial charge in [0.15, 0.2) is 11.5 Å². The van der Waals surface area contributed by atoms with Gasteiger partial charge in [-0.25, -0.2) is 9.79 Å². The third-order valence-corrected chi connectivity index (χ3v) is 7.08. The smallest absolute Gasteiger partial charge is 0.410 e. The number of nitrogens with zero attached hydrogens (tertiary/aromatic N) is 3. The van der Waals surface area contributed by atoms with E-state index in [0.29, 0.717) is 48.8 Å². The molecule has 0 radical (unpaired) electrons. The number of rotatable bonds is 4. The Hall–Kier alpha value is -3.60. The van der Waals surface area contributed by atoms with Gasteiger partial charge in [0.2, 0.25) is 12.7 Å². The third-order valence-electron chi connectivity index (χ3n) is 6.20. The molecule has 1 saturated heterocycles. The van der Waals surface area contributed by atoms with Crippen LogP contribution in [0.3, 0.4) is 0 Å². The van der Waals surface area contributed by atoms with Crippen LogP contribution in [0.15, 0.2) is 40.7 Å². The van der Waals surface area contributed by atoms with Crippen LogP contribution in [0, 0.1) is 0 Å². The minimum absolute atomic E-state index is 0.140. The summed E-state index contributed by atoms with van der Waals surface area (Å²) >= 11 is 1.43. The maximum absolute atomic E-state index is 13.5. The lowest BCUT2D eigenvalue weighted by atomic mass is 9.96. The van der Waals surface area contributed by atoms with Gasteiger partial charge in [-0.2, -0.15) is 0 Å². The van der Waals surface area contributed by atoms with E-state index < -0.39 is 17.4 Å². The molecule has 0 atom stereocenters. The number of carbonyl (C=O) groups is 3. The van der Waals surface area contributed by atoms with Crippen molar-refractivity contribution < 1.29 is 28.6 Å². The largest absolute Gasteiger partial charge is 0.454 e. The van der Waals surface area contributed by atoms with E-state index in [2.05, 4.69) is 5.32 Å². The van der Waals surface area contributed by atoms with Crippen LogP contribution < -0.4 is 14.8 Å². The number of anilines is 1. The van der Waals surface area contributed by atoms with E-state index in [1.165, 1.54) is 16.2 Å². The molecule has 1 fully saturated rings. The lowest BCUT2D eigenvalue weighted by molar-refractivity contribution is -0.134. The second-order valence-electron chi connectivity index (χ2n) is 9.90. The highest BCUT2D eigenvalue weighted by atomic mass is 32.1. The summed E-state index contributed by atoms with van der Waals surface area (Å²) in [6.07, 6.45) is 0.421. The molecule has 1 N–H and O–H groups in total. The van der Waals surface area contributed by atoms with Crippen LogP contribution in [0.25, 0.3) is 0 Å². The van der Waals surface area contributed by atoms with Gasteiger partial charge >= 0.3 is 6.09 Å². The number of fused-ring (bicyclic) bond motifs is 1. The molecule has 4 heterocycles. The number of nitrogens with one attached hydrogen (secondary N) is 1. The molecule has 1 aromatic heterocycles. The molecule has 0 bridgehead atoms. The minimum atomic E-state index is -0.902. The Balaban J connectivity index is 1.33. The second-order valence-corrected chi connectivity index (χ2v) is 10.8. The van der Waals surface area contributed by atoms with Crippen molar-refractivity contribution in [3.05, 3.63) is 40.6 Å². The molecule has 0 saturated carbocycles. The Labute approximate surface area is 212 Å². The van der Waals surface area contributed by atoms with Gasteiger partial charge in [-0.15, -0.1) is 11.3 Å². The molecule has 3 aliphatic rings. The number of thiophene rings is 1. The van der Waals surface area contributed by atoms with Crippen molar-refractivity contribution in [2.24, 2.45) is 4.99 Å². The summed E-state index contributed by atoms with van der Waals surface area (Å²) < 4.78 is 16.2. The molecule has 10 nitrogen and oxygen atoms in total. The number of hydrogen-bond donors (Lipinski definition) is 1. The fraction of sp³-hybridized carbons (Fsp3) is 0.440. The van der Waals surface area contributed by atoms with Gasteiger partial charge in [0.05, 0.1) is 4.88 Å². The van der Waals surface area contributed by atoms with Gasteiger partial charge in [0, 0.05) is 37.7 Å². The summed E-state index contributed by atoms with van der Waals surface area (Å²) in [6.45, 7) is 6.17. The molecule has 0 aliphatic carbocycles. The monoisotopic (exact) mass is 512 g/mol.